The van der Waals surface area contributed by atoms with Crippen LogP contribution < -0.4 is 5.73 Å². The zero-order valence-electron chi connectivity index (χ0n) is 10.3. The Morgan fingerprint density at radius 3 is 2.84 bits per heavy atom. The van der Waals surface area contributed by atoms with Gasteiger partial charge >= 0.3 is 0 Å². The molecule has 2 N–H and O–H groups in total. The maximum Gasteiger partial charge on any atom is 0.0419 e. The highest BCUT2D eigenvalue weighted by atomic mass is 35.5. The first kappa shape index (κ1) is 12.2. The van der Waals surface area contributed by atoms with E-state index in [1.54, 1.807) is 6.20 Å². The Morgan fingerprint density at radius 1 is 1.11 bits per heavy atom. The average molecular weight is 269 g/mol. The molecular weight excluding hydrogens is 256 g/mol. The zero-order valence-corrected chi connectivity index (χ0v) is 11.1. The predicted molar refractivity (Wildman–Crippen MR) is 80.1 cm³/mol. The molecule has 0 fully saturated rings. The second-order valence-electron chi connectivity index (χ2n) is 4.45. The van der Waals surface area contributed by atoms with E-state index in [4.69, 9.17) is 17.3 Å². The Labute approximate surface area is 116 Å². The van der Waals surface area contributed by atoms with Gasteiger partial charge in [-0.15, -0.1) is 0 Å². The summed E-state index contributed by atoms with van der Waals surface area (Å²) in [6.45, 7) is 0.536. The van der Waals surface area contributed by atoms with Crippen molar-refractivity contribution >= 4 is 22.4 Å². The Kier molecular flexibility index (Phi) is 3.20. The van der Waals surface area contributed by atoms with E-state index in [2.05, 4.69) is 17.1 Å². The molecule has 0 radical (unpaired) electrons. The average Bonchev–Trinajstić information content (AvgIpc) is 2.46. The highest BCUT2D eigenvalue weighted by Crippen LogP contribution is 2.31. The predicted octanol–water partition coefficient (Wildman–Crippen LogP) is 4.01. The third-order valence-corrected chi connectivity index (χ3v) is 3.41. The lowest BCUT2D eigenvalue weighted by Gasteiger charge is -2.09. The van der Waals surface area contributed by atoms with E-state index in [1.807, 2.05) is 36.5 Å². The van der Waals surface area contributed by atoms with Crippen LogP contribution in [0.1, 0.15) is 5.56 Å². The molecule has 0 bridgehead atoms. The summed E-state index contributed by atoms with van der Waals surface area (Å²) in [5.41, 5.74) is 9.05. The molecule has 3 aromatic rings. The quantitative estimate of drug-likeness (QED) is 0.763. The Hall–Kier alpha value is -1.90. The highest BCUT2D eigenvalue weighted by Gasteiger charge is 2.06. The fraction of sp³-hybridized carbons (Fsp3) is 0.0625. The Bertz CT molecular complexity index is 738. The lowest BCUT2D eigenvalue weighted by molar-refractivity contribution is 1.07. The molecule has 2 aromatic carbocycles. The fourth-order valence-corrected chi connectivity index (χ4v) is 2.50. The van der Waals surface area contributed by atoms with Crippen LogP contribution >= 0.6 is 11.6 Å². The minimum atomic E-state index is 0.536. The molecule has 94 valence electrons. The van der Waals surface area contributed by atoms with Crippen molar-refractivity contribution in [3.8, 4) is 11.1 Å². The largest absolute Gasteiger partial charge is 0.326 e. The Morgan fingerprint density at radius 2 is 2.00 bits per heavy atom. The SMILES string of the molecule is NCc1cccc(-c2cc(Cl)cc3cnccc23)c1. The molecule has 1 heterocycles. The van der Waals surface area contributed by atoms with Crippen molar-refractivity contribution in [3.63, 3.8) is 0 Å². The van der Waals surface area contributed by atoms with Gasteiger partial charge in [-0.05, 0) is 46.3 Å². The molecule has 0 spiro atoms. The second-order valence-corrected chi connectivity index (χ2v) is 4.89. The summed E-state index contributed by atoms with van der Waals surface area (Å²) in [4.78, 5) is 4.14. The number of rotatable bonds is 2. The van der Waals surface area contributed by atoms with Gasteiger partial charge in [-0.1, -0.05) is 29.8 Å². The molecule has 0 saturated heterocycles. The van der Waals surface area contributed by atoms with Gasteiger partial charge in [-0.2, -0.15) is 0 Å². The molecule has 1 aromatic heterocycles. The number of fused-ring (bicyclic) bond motifs is 1. The number of aromatic nitrogens is 1. The third kappa shape index (κ3) is 2.33. The number of nitrogens with two attached hydrogens (primary N) is 1. The van der Waals surface area contributed by atoms with Crippen molar-refractivity contribution in [2.45, 2.75) is 6.54 Å². The fourth-order valence-electron chi connectivity index (χ4n) is 2.28. The van der Waals surface area contributed by atoms with E-state index in [9.17, 15) is 0 Å². The molecule has 2 nitrogen and oxygen atoms in total. The van der Waals surface area contributed by atoms with Crippen LogP contribution in [0, 0.1) is 0 Å². The van der Waals surface area contributed by atoms with Crippen LogP contribution in [-0.4, -0.2) is 4.98 Å². The van der Waals surface area contributed by atoms with Crippen LogP contribution in [0.25, 0.3) is 21.9 Å². The first-order chi connectivity index (χ1) is 9.28. The zero-order chi connectivity index (χ0) is 13.2. The van der Waals surface area contributed by atoms with Crippen molar-refractivity contribution in [2.24, 2.45) is 5.73 Å². The first-order valence-corrected chi connectivity index (χ1v) is 6.48. The third-order valence-electron chi connectivity index (χ3n) is 3.19. The molecule has 0 aliphatic rings. The number of halogens is 1. The van der Waals surface area contributed by atoms with Crippen molar-refractivity contribution in [3.05, 3.63) is 65.4 Å². The van der Waals surface area contributed by atoms with Crippen molar-refractivity contribution in [2.75, 3.05) is 0 Å². The lowest BCUT2D eigenvalue weighted by Crippen LogP contribution is -1.95. The summed E-state index contributed by atoms with van der Waals surface area (Å²) < 4.78 is 0. The van der Waals surface area contributed by atoms with E-state index >= 15 is 0 Å². The van der Waals surface area contributed by atoms with Gasteiger partial charge in [-0.25, -0.2) is 0 Å². The highest BCUT2D eigenvalue weighted by molar-refractivity contribution is 6.32. The van der Waals surface area contributed by atoms with Crippen LogP contribution in [0.2, 0.25) is 5.02 Å². The first-order valence-electron chi connectivity index (χ1n) is 6.10. The van der Waals surface area contributed by atoms with E-state index < -0.39 is 0 Å². The van der Waals surface area contributed by atoms with Crippen molar-refractivity contribution in [1.82, 2.24) is 4.98 Å². The van der Waals surface area contributed by atoms with Crippen LogP contribution in [-0.2, 0) is 6.54 Å². The van der Waals surface area contributed by atoms with Gasteiger partial charge in [0.15, 0.2) is 0 Å². The number of hydrogen-bond donors (Lipinski definition) is 1. The van der Waals surface area contributed by atoms with Gasteiger partial charge in [0, 0.05) is 29.3 Å². The summed E-state index contributed by atoms with van der Waals surface area (Å²) in [5.74, 6) is 0. The van der Waals surface area contributed by atoms with Crippen LogP contribution in [0.5, 0.6) is 0 Å². The molecule has 0 aliphatic carbocycles. The standard InChI is InChI=1S/C16H13ClN2/c17-14-7-13-10-19-5-4-15(13)16(8-14)12-3-1-2-11(6-12)9-18/h1-8,10H,9,18H2. The lowest BCUT2D eigenvalue weighted by atomic mass is 9.98. The maximum absolute atomic E-state index is 6.19. The van der Waals surface area contributed by atoms with Gasteiger partial charge in [0.05, 0.1) is 0 Å². The molecule has 3 rings (SSSR count). The van der Waals surface area contributed by atoms with Gasteiger partial charge in [0.1, 0.15) is 0 Å². The summed E-state index contributed by atoms with van der Waals surface area (Å²) in [7, 11) is 0. The van der Waals surface area contributed by atoms with E-state index in [0.29, 0.717) is 11.6 Å². The maximum atomic E-state index is 6.19. The van der Waals surface area contributed by atoms with Crippen LogP contribution in [0.3, 0.4) is 0 Å². The molecule has 3 heteroatoms. The normalized spacial score (nSPS) is 10.8. The summed E-state index contributed by atoms with van der Waals surface area (Å²) in [6, 6.07) is 14.1. The topological polar surface area (TPSA) is 38.9 Å². The van der Waals surface area contributed by atoms with Crippen molar-refractivity contribution in [1.29, 1.82) is 0 Å². The minimum Gasteiger partial charge on any atom is -0.326 e. The van der Waals surface area contributed by atoms with Gasteiger partial charge in [0.25, 0.3) is 0 Å². The molecule has 19 heavy (non-hydrogen) atoms. The van der Waals surface area contributed by atoms with Crippen molar-refractivity contribution < 1.29 is 0 Å². The summed E-state index contributed by atoms with van der Waals surface area (Å²) in [6.07, 6.45) is 3.63. The molecule has 0 aliphatic heterocycles. The minimum absolute atomic E-state index is 0.536. The molecule has 0 unspecified atom stereocenters. The number of hydrogen-bond acceptors (Lipinski definition) is 2. The smallest absolute Gasteiger partial charge is 0.0419 e. The summed E-state index contributed by atoms with van der Waals surface area (Å²) in [5, 5.41) is 2.91. The molecular formula is C16H13ClN2. The van der Waals surface area contributed by atoms with Crippen LogP contribution in [0.15, 0.2) is 54.9 Å². The Balaban J connectivity index is 2.29. The second kappa shape index (κ2) is 5.00. The van der Waals surface area contributed by atoms with Gasteiger partial charge < -0.3 is 5.73 Å². The van der Waals surface area contributed by atoms with E-state index in [0.717, 1.165) is 27.5 Å². The van der Waals surface area contributed by atoms with Gasteiger partial charge in [-0.3, -0.25) is 4.98 Å². The molecule has 0 saturated carbocycles. The molecule has 0 atom stereocenters. The van der Waals surface area contributed by atoms with Crippen LogP contribution in [0.4, 0.5) is 0 Å². The monoisotopic (exact) mass is 268 g/mol. The number of pyridine rings is 1. The van der Waals surface area contributed by atoms with E-state index in [-0.39, 0.29) is 0 Å². The number of nitrogens with zero attached hydrogens (tertiary/aromatic N) is 1. The number of benzene rings is 2. The van der Waals surface area contributed by atoms with Gasteiger partial charge in [0.2, 0.25) is 0 Å². The molecule has 0 amide bonds. The van der Waals surface area contributed by atoms with E-state index in [1.165, 1.54) is 0 Å². The summed E-state index contributed by atoms with van der Waals surface area (Å²) >= 11 is 6.19.